The molecular weight excluding hydrogens is 333 g/mol. The Bertz CT molecular complexity index is 716. The van der Waals surface area contributed by atoms with Gasteiger partial charge >= 0.3 is 0 Å². The van der Waals surface area contributed by atoms with Gasteiger partial charge in [-0.3, -0.25) is 4.72 Å². The quantitative estimate of drug-likeness (QED) is 0.923. The minimum atomic E-state index is -3.73. The topological polar surface area (TPSA) is 46.2 Å². The maximum atomic E-state index is 13.1. The summed E-state index contributed by atoms with van der Waals surface area (Å²) in [5, 5.41) is 0. The van der Waals surface area contributed by atoms with Crippen LogP contribution in [0.1, 0.15) is 5.56 Å². The molecule has 0 atom stereocenters. The highest BCUT2D eigenvalue weighted by molar-refractivity contribution is 9.10. The van der Waals surface area contributed by atoms with Crippen LogP contribution in [0, 0.1) is 12.7 Å². The van der Waals surface area contributed by atoms with Crippen LogP contribution in [0.25, 0.3) is 0 Å². The average molecular weight is 344 g/mol. The maximum Gasteiger partial charge on any atom is 0.262 e. The van der Waals surface area contributed by atoms with Crippen molar-refractivity contribution in [3.05, 3.63) is 58.3 Å². The van der Waals surface area contributed by atoms with E-state index in [1.165, 1.54) is 18.2 Å². The van der Waals surface area contributed by atoms with Crippen molar-refractivity contribution in [1.29, 1.82) is 0 Å². The smallest absolute Gasteiger partial charge is 0.262 e. The number of rotatable bonds is 3. The number of hydrogen-bond donors (Lipinski definition) is 1. The Kier molecular flexibility index (Phi) is 3.91. The summed E-state index contributed by atoms with van der Waals surface area (Å²) in [5.74, 6) is -0.509. The SMILES string of the molecule is Cc1ccccc1S(=O)(=O)Nc1cc(F)ccc1Br. The molecule has 0 saturated carbocycles. The van der Waals surface area contributed by atoms with Crippen LogP contribution < -0.4 is 4.72 Å². The maximum absolute atomic E-state index is 13.1. The Balaban J connectivity index is 2.43. The molecule has 2 aromatic rings. The molecular formula is C13H11BrFNO2S. The molecule has 0 saturated heterocycles. The Labute approximate surface area is 119 Å². The second-order valence-electron chi connectivity index (χ2n) is 4.00. The van der Waals surface area contributed by atoms with Crippen molar-refractivity contribution in [1.82, 2.24) is 0 Å². The summed E-state index contributed by atoms with van der Waals surface area (Å²) >= 11 is 3.18. The fourth-order valence-corrected chi connectivity index (χ4v) is 3.43. The Morgan fingerprint density at radius 1 is 1.16 bits per heavy atom. The van der Waals surface area contributed by atoms with Gasteiger partial charge in [0.15, 0.2) is 0 Å². The molecule has 19 heavy (non-hydrogen) atoms. The molecule has 0 fully saturated rings. The van der Waals surface area contributed by atoms with Gasteiger partial charge in [0.25, 0.3) is 10.0 Å². The van der Waals surface area contributed by atoms with Crippen molar-refractivity contribution in [2.75, 3.05) is 4.72 Å². The van der Waals surface area contributed by atoms with Crippen LogP contribution in [0.4, 0.5) is 10.1 Å². The van der Waals surface area contributed by atoms with Gasteiger partial charge in [-0.25, -0.2) is 12.8 Å². The van der Waals surface area contributed by atoms with Crippen LogP contribution in [0.15, 0.2) is 51.8 Å². The number of halogens is 2. The van der Waals surface area contributed by atoms with Crippen molar-refractivity contribution in [2.24, 2.45) is 0 Å². The van der Waals surface area contributed by atoms with E-state index in [1.807, 2.05) is 0 Å². The van der Waals surface area contributed by atoms with Crippen LogP contribution in [0.2, 0.25) is 0 Å². The van der Waals surface area contributed by atoms with Crippen molar-refractivity contribution >= 4 is 31.6 Å². The van der Waals surface area contributed by atoms with Crippen LogP contribution >= 0.6 is 15.9 Å². The monoisotopic (exact) mass is 343 g/mol. The van der Waals surface area contributed by atoms with Crippen LogP contribution in [-0.2, 0) is 10.0 Å². The molecule has 0 aromatic heterocycles. The third-order valence-electron chi connectivity index (χ3n) is 2.56. The minimum absolute atomic E-state index is 0.170. The molecule has 0 aliphatic carbocycles. The summed E-state index contributed by atoms with van der Waals surface area (Å²) in [5.41, 5.74) is 0.797. The van der Waals surface area contributed by atoms with Crippen LogP contribution in [-0.4, -0.2) is 8.42 Å². The molecule has 0 heterocycles. The van der Waals surface area contributed by atoms with E-state index in [2.05, 4.69) is 20.7 Å². The normalized spacial score (nSPS) is 11.3. The van der Waals surface area contributed by atoms with Crippen molar-refractivity contribution in [2.45, 2.75) is 11.8 Å². The second kappa shape index (κ2) is 5.30. The van der Waals surface area contributed by atoms with E-state index in [4.69, 9.17) is 0 Å². The molecule has 2 aromatic carbocycles. The van der Waals surface area contributed by atoms with Crippen molar-refractivity contribution in [3.8, 4) is 0 Å². The van der Waals surface area contributed by atoms with Gasteiger partial charge in [-0.05, 0) is 52.7 Å². The summed E-state index contributed by atoms with van der Waals surface area (Å²) in [6.07, 6.45) is 0. The molecule has 0 aliphatic heterocycles. The largest absolute Gasteiger partial charge is 0.278 e. The summed E-state index contributed by atoms with van der Waals surface area (Å²) in [4.78, 5) is 0.172. The molecule has 0 spiro atoms. The van der Waals surface area contributed by atoms with Gasteiger partial charge in [0.05, 0.1) is 10.6 Å². The molecule has 1 N–H and O–H groups in total. The highest BCUT2D eigenvalue weighted by atomic mass is 79.9. The Morgan fingerprint density at radius 2 is 1.84 bits per heavy atom. The molecule has 0 aliphatic rings. The first-order valence-corrected chi connectivity index (χ1v) is 7.71. The third-order valence-corrected chi connectivity index (χ3v) is 4.77. The lowest BCUT2D eigenvalue weighted by Gasteiger charge is -2.11. The van der Waals surface area contributed by atoms with Gasteiger partial charge in [-0.1, -0.05) is 18.2 Å². The van der Waals surface area contributed by atoms with Gasteiger partial charge in [0, 0.05) is 4.47 Å². The third kappa shape index (κ3) is 3.13. The van der Waals surface area contributed by atoms with Gasteiger partial charge in [0.1, 0.15) is 5.82 Å². The predicted molar refractivity (Wildman–Crippen MR) is 76.1 cm³/mol. The number of nitrogens with one attached hydrogen (secondary N) is 1. The molecule has 0 bridgehead atoms. The zero-order valence-corrected chi connectivity index (χ0v) is 12.4. The molecule has 0 amide bonds. The van der Waals surface area contributed by atoms with Gasteiger partial charge in [-0.15, -0.1) is 0 Å². The first kappa shape index (κ1) is 14.0. The van der Waals surface area contributed by atoms with E-state index < -0.39 is 15.8 Å². The molecule has 3 nitrogen and oxygen atoms in total. The highest BCUT2D eigenvalue weighted by Gasteiger charge is 2.17. The summed E-state index contributed by atoms with van der Waals surface area (Å²) in [6.45, 7) is 1.70. The Hall–Kier alpha value is -1.40. The van der Waals surface area contributed by atoms with E-state index in [1.54, 1.807) is 25.1 Å². The number of sulfonamides is 1. The van der Waals surface area contributed by atoms with Crippen LogP contribution in [0.5, 0.6) is 0 Å². The molecule has 0 radical (unpaired) electrons. The highest BCUT2D eigenvalue weighted by Crippen LogP contribution is 2.26. The fraction of sp³-hybridized carbons (Fsp3) is 0.0769. The van der Waals surface area contributed by atoms with E-state index in [9.17, 15) is 12.8 Å². The number of anilines is 1. The Morgan fingerprint density at radius 3 is 2.53 bits per heavy atom. The minimum Gasteiger partial charge on any atom is -0.278 e. The molecule has 6 heteroatoms. The molecule has 2 rings (SSSR count). The first-order valence-electron chi connectivity index (χ1n) is 5.43. The summed E-state index contributed by atoms with van der Waals surface area (Å²) in [6, 6.07) is 10.4. The van der Waals surface area contributed by atoms with Gasteiger partial charge < -0.3 is 0 Å². The van der Waals surface area contributed by atoms with E-state index >= 15 is 0 Å². The van der Waals surface area contributed by atoms with E-state index in [0.29, 0.717) is 10.0 Å². The van der Waals surface area contributed by atoms with Crippen molar-refractivity contribution < 1.29 is 12.8 Å². The lowest BCUT2D eigenvalue weighted by atomic mass is 10.2. The average Bonchev–Trinajstić information content (AvgIpc) is 2.34. The lowest BCUT2D eigenvalue weighted by Crippen LogP contribution is -2.14. The summed E-state index contributed by atoms with van der Waals surface area (Å²) in [7, 11) is -3.73. The van der Waals surface area contributed by atoms with Crippen LogP contribution in [0.3, 0.4) is 0 Å². The van der Waals surface area contributed by atoms with E-state index in [-0.39, 0.29) is 10.6 Å². The number of benzene rings is 2. The van der Waals surface area contributed by atoms with Crippen molar-refractivity contribution in [3.63, 3.8) is 0 Å². The number of aryl methyl sites for hydroxylation is 1. The zero-order valence-electron chi connectivity index (χ0n) is 10.0. The predicted octanol–water partition coefficient (Wildman–Crippen LogP) is 3.70. The second-order valence-corrected chi connectivity index (χ2v) is 6.50. The number of hydrogen-bond acceptors (Lipinski definition) is 2. The van der Waals surface area contributed by atoms with Gasteiger partial charge in [-0.2, -0.15) is 0 Å². The fourth-order valence-electron chi connectivity index (χ4n) is 1.63. The molecule has 0 unspecified atom stereocenters. The van der Waals surface area contributed by atoms with E-state index in [0.717, 1.165) is 6.07 Å². The van der Waals surface area contributed by atoms with Gasteiger partial charge in [0.2, 0.25) is 0 Å². The lowest BCUT2D eigenvalue weighted by molar-refractivity contribution is 0.600. The standard InChI is InChI=1S/C13H11BrFNO2S/c1-9-4-2-3-5-13(9)19(17,18)16-12-8-10(15)6-7-11(12)14/h2-8,16H,1H3. The summed E-state index contributed by atoms with van der Waals surface area (Å²) < 4.78 is 40.5. The first-order chi connectivity index (χ1) is 8.90. The zero-order chi connectivity index (χ0) is 14.0. The molecule has 100 valence electrons.